The van der Waals surface area contributed by atoms with Crippen LogP contribution in [0.5, 0.6) is 0 Å². The van der Waals surface area contributed by atoms with Crippen LogP contribution in [0.4, 0.5) is 17.6 Å². The smallest absolute Gasteiger partial charge is 0.157 e. The summed E-state index contributed by atoms with van der Waals surface area (Å²) in [5, 5.41) is 25.2. The summed E-state index contributed by atoms with van der Waals surface area (Å²) in [7, 11) is 0. The molecular formula is C24H10Br2F4O2S6. The Morgan fingerprint density at radius 3 is 1.34 bits per heavy atom. The van der Waals surface area contributed by atoms with Crippen molar-refractivity contribution in [3.63, 3.8) is 0 Å². The molecule has 6 aromatic rings. The van der Waals surface area contributed by atoms with Gasteiger partial charge in [-0.2, -0.15) is 0 Å². The standard InChI is InChI=1S/C24H10Br2F4O2S6/c25-13-15(29)23(19-7(27)1-3-33-19)37-21(13)17(31)11-5-9-10(35-11)6-12(36-9)18(32)22-14(26)16(30)24(38-22)20-8(28)2-4-34-20/h1-6,17-18,31-32H. The second kappa shape index (κ2) is 10.5. The van der Waals surface area contributed by atoms with E-state index in [4.69, 9.17) is 0 Å². The van der Waals surface area contributed by atoms with Crippen molar-refractivity contribution in [1.82, 2.24) is 0 Å². The lowest BCUT2D eigenvalue weighted by Crippen LogP contribution is -1.95. The molecule has 0 aromatic carbocycles. The van der Waals surface area contributed by atoms with Gasteiger partial charge in [-0.1, -0.05) is 0 Å². The molecule has 6 rings (SSSR count). The van der Waals surface area contributed by atoms with Crippen LogP contribution in [0.1, 0.15) is 31.7 Å². The minimum Gasteiger partial charge on any atom is -0.382 e. The summed E-state index contributed by atoms with van der Waals surface area (Å²) >= 11 is 13.1. The van der Waals surface area contributed by atoms with Crippen molar-refractivity contribution in [2.24, 2.45) is 0 Å². The highest BCUT2D eigenvalue weighted by molar-refractivity contribution is 9.11. The van der Waals surface area contributed by atoms with Gasteiger partial charge in [0.1, 0.15) is 23.8 Å². The van der Waals surface area contributed by atoms with Crippen molar-refractivity contribution < 1.29 is 27.8 Å². The van der Waals surface area contributed by atoms with E-state index in [1.54, 1.807) is 12.1 Å². The van der Waals surface area contributed by atoms with Gasteiger partial charge in [-0.25, -0.2) is 17.6 Å². The number of thiophene rings is 6. The minimum atomic E-state index is -1.14. The van der Waals surface area contributed by atoms with Crippen LogP contribution >= 0.6 is 99.9 Å². The average molecular weight is 759 g/mol. The Morgan fingerprint density at radius 1 is 0.605 bits per heavy atom. The molecule has 196 valence electrons. The van der Waals surface area contributed by atoms with E-state index < -0.39 is 35.5 Å². The Labute approximate surface area is 253 Å². The molecule has 0 amide bonds. The maximum absolute atomic E-state index is 14.9. The fourth-order valence-corrected chi connectivity index (χ4v) is 11.9. The van der Waals surface area contributed by atoms with Crippen molar-refractivity contribution in [3.8, 4) is 19.5 Å². The molecule has 0 fully saturated rings. The normalized spacial score (nSPS) is 13.6. The second-order valence-corrected chi connectivity index (χ2v) is 15.6. The zero-order valence-electron chi connectivity index (χ0n) is 18.2. The quantitative estimate of drug-likeness (QED) is 0.166. The first kappa shape index (κ1) is 27.2. The van der Waals surface area contributed by atoms with Crippen LogP contribution < -0.4 is 0 Å². The number of aliphatic hydroxyl groups is 2. The van der Waals surface area contributed by atoms with Gasteiger partial charge in [0.05, 0.1) is 38.2 Å². The third-order valence-electron chi connectivity index (χ3n) is 5.57. The van der Waals surface area contributed by atoms with E-state index in [2.05, 4.69) is 31.9 Å². The summed E-state index contributed by atoms with van der Waals surface area (Å²) in [6.07, 6.45) is -2.27. The lowest BCUT2D eigenvalue weighted by atomic mass is 10.2. The maximum Gasteiger partial charge on any atom is 0.157 e. The van der Waals surface area contributed by atoms with E-state index in [-0.39, 0.29) is 28.5 Å². The molecule has 0 aliphatic heterocycles. The first-order chi connectivity index (χ1) is 18.2. The highest BCUT2D eigenvalue weighted by atomic mass is 79.9. The second-order valence-electron chi connectivity index (χ2n) is 7.87. The topological polar surface area (TPSA) is 40.5 Å². The van der Waals surface area contributed by atoms with Crippen molar-refractivity contribution in [1.29, 1.82) is 0 Å². The molecule has 0 spiro atoms. The van der Waals surface area contributed by atoms with E-state index in [9.17, 15) is 27.8 Å². The summed E-state index contributed by atoms with van der Waals surface area (Å²) < 4.78 is 59.6. The Morgan fingerprint density at radius 2 is 1.00 bits per heavy atom. The van der Waals surface area contributed by atoms with Crippen LogP contribution in [-0.2, 0) is 0 Å². The predicted octanol–water partition coefficient (Wildman–Crippen LogP) is 10.8. The van der Waals surface area contributed by atoms with Gasteiger partial charge in [-0.05, 0) is 66.9 Å². The third kappa shape index (κ3) is 4.50. The molecule has 6 heterocycles. The predicted molar refractivity (Wildman–Crippen MR) is 158 cm³/mol. The molecular weight excluding hydrogens is 748 g/mol. The molecule has 6 aromatic heterocycles. The van der Waals surface area contributed by atoms with Crippen molar-refractivity contribution in [2.75, 3.05) is 0 Å². The zero-order valence-corrected chi connectivity index (χ0v) is 26.3. The number of hydrogen-bond acceptors (Lipinski definition) is 8. The van der Waals surface area contributed by atoms with Gasteiger partial charge in [-0.15, -0.1) is 68.0 Å². The Bertz CT molecular complexity index is 1650. The molecule has 0 saturated carbocycles. The maximum atomic E-state index is 14.9. The highest BCUT2D eigenvalue weighted by Crippen LogP contribution is 2.50. The van der Waals surface area contributed by atoms with Gasteiger partial charge in [-0.3, -0.25) is 0 Å². The largest absolute Gasteiger partial charge is 0.382 e. The average Bonchev–Trinajstić information content (AvgIpc) is 3.72. The Hall–Kier alpha value is -0.940. The summed E-state index contributed by atoms with van der Waals surface area (Å²) in [5.74, 6) is -2.28. The SMILES string of the molecule is OC(c1cc2sc(C(O)c3sc(-c4sccc4F)c(F)c3Br)cc2s1)c1sc(-c2sccc2F)c(F)c1Br. The van der Waals surface area contributed by atoms with Gasteiger partial charge < -0.3 is 10.2 Å². The number of aliphatic hydroxyl groups excluding tert-OH is 2. The molecule has 2 N–H and O–H groups in total. The number of halogens is 6. The molecule has 2 atom stereocenters. The number of fused-ring (bicyclic) bond motifs is 1. The van der Waals surface area contributed by atoms with Gasteiger partial charge in [0, 0.05) is 19.2 Å². The zero-order chi connectivity index (χ0) is 26.9. The van der Waals surface area contributed by atoms with Gasteiger partial charge in [0.15, 0.2) is 11.6 Å². The van der Waals surface area contributed by atoms with E-state index in [0.29, 0.717) is 19.5 Å². The fourth-order valence-electron chi connectivity index (χ4n) is 3.77. The van der Waals surface area contributed by atoms with Crippen LogP contribution in [0.3, 0.4) is 0 Å². The highest BCUT2D eigenvalue weighted by Gasteiger charge is 2.29. The molecule has 38 heavy (non-hydrogen) atoms. The molecule has 0 saturated heterocycles. The lowest BCUT2D eigenvalue weighted by Gasteiger charge is -2.07. The minimum absolute atomic E-state index is 0.0909. The third-order valence-corrected chi connectivity index (χ3v) is 14.6. The van der Waals surface area contributed by atoms with E-state index in [1.165, 1.54) is 45.6 Å². The summed E-state index contributed by atoms with van der Waals surface area (Å²) in [6, 6.07) is 6.06. The van der Waals surface area contributed by atoms with Crippen molar-refractivity contribution >= 4 is 109 Å². The molecule has 2 nitrogen and oxygen atoms in total. The number of hydrogen-bond donors (Lipinski definition) is 2. The van der Waals surface area contributed by atoms with Crippen molar-refractivity contribution in [2.45, 2.75) is 12.2 Å². The van der Waals surface area contributed by atoms with E-state index in [0.717, 1.165) is 54.7 Å². The lowest BCUT2D eigenvalue weighted by molar-refractivity contribution is 0.227. The van der Waals surface area contributed by atoms with Gasteiger partial charge in [0.25, 0.3) is 0 Å². The van der Waals surface area contributed by atoms with Crippen LogP contribution in [0.15, 0.2) is 44.0 Å². The molecule has 0 bridgehead atoms. The molecule has 0 radical (unpaired) electrons. The number of rotatable bonds is 6. The monoisotopic (exact) mass is 756 g/mol. The first-order valence-corrected chi connectivity index (χ1v) is 17.1. The molecule has 14 heteroatoms. The van der Waals surface area contributed by atoms with Crippen LogP contribution in [0.2, 0.25) is 0 Å². The van der Waals surface area contributed by atoms with Gasteiger partial charge >= 0.3 is 0 Å². The molecule has 0 aliphatic carbocycles. The Kier molecular flexibility index (Phi) is 7.51. The first-order valence-electron chi connectivity index (χ1n) is 10.5. The fraction of sp³-hybridized carbons (Fsp3) is 0.0833. The van der Waals surface area contributed by atoms with Gasteiger partial charge in [0.2, 0.25) is 0 Å². The van der Waals surface area contributed by atoms with Crippen LogP contribution in [0.25, 0.3) is 28.9 Å². The summed E-state index contributed by atoms with van der Waals surface area (Å²) in [5.41, 5.74) is 0. The van der Waals surface area contributed by atoms with E-state index in [1.807, 2.05) is 0 Å². The van der Waals surface area contributed by atoms with E-state index >= 15 is 0 Å². The summed E-state index contributed by atoms with van der Waals surface area (Å²) in [6.45, 7) is 0. The molecule has 2 unspecified atom stereocenters. The Balaban J connectivity index is 1.30. The molecule has 0 aliphatic rings. The van der Waals surface area contributed by atoms with Crippen LogP contribution in [0, 0.1) is 23.3 Å². The summed E-state index contributed by atoms with van der Waals surface area (Å²) in [4.78, 5) is 2.38. The van der Waals surface area contributed by atoms with Crippen molar-refractivity contribution in [3.05, 3.63) is 86.7 Å². The van der Waals surface area contributed by atoms with Crippen LogP contribution in [-0.4, -0.2) is 10.2 Å².